The van der Waals surface area contributed by atoms with Crippen molar-refractivity contribution in [3.05, 3.63) is 11.6 Å². The van der Waals surface area contributed by atoms with Crippen LogP contribution in [0.4, 0.5) is 0 Å². The van der Waals surface area contributed by atoms with E-state index in [-0.39, 0.29) is 29.7 Å². The molecule has 0 bridgehead atoms. The summed E-state index contributed by atoms with van der Waals surface area (Å²) in [6.45, 7) is 6.42. The normalized spacial score (nSPS) is 20.0. The first-order chi connectivity index (χ1) is 11.6. The molecule has 1 aliphatic carbocycles. The third-order valence-corrected chi connectivity index (χ3v) is 6.16. The maximum Gasteiger partial charge on any atom is 0.337 e. The molecule has 0 aromatic heterocycles. The van der Waals surface area contributed by atoms with Gasteiger partial charge in [0.05, 0.1) is 6.16 Å². The molecule has 0 aliphatic heterocycles. The molecule has 1 aliphatic rings. The van der Waals surface area contributed by atoms with E-state index in [0.717, 1.165) is 25.7 Å². The lowest BCUT2D eigenvalue weighted by Gasteiger charge is -2.22. The number of rotatable bonds is 8. The predicted molar refractivity (Wildman–Crippen MR) is 96.4 cm³/mol. The Balaban J connectivity index is 2.89. The summed E-state index contributed by atoms with van der Waals surface area (Å²) in [5, 5.41) is 0. The summed E-state index contributed by atoms with van der Waals surface area (Å²) in [6.07, 6.45) is 6.03. The smallest absolute Gasteiger partial charge is 0.337 e. The molecule has 25 heavy (non-hydrogen) atoms. The summed E-state index contributed by atoms with van der Waals surface area (Å²) in [5.41, 5.74) is 0.220. The minimum Gasteiger partial charge on any atom is -0.426 e. The zero-order valence-corrected chi connectivity index (χ0v) is 16.6. The molecule has 0 spiro atoms. The number of allylic oxidation sites excluding steroid dienone is 1. The van der Waals surface area contributed by atoms with Crippen molar-refractivity contribution in [2.75, 3.05) is 12.3 Å². The van der Waals surface area contributed by atoms with Crippen molar-refractivity contribution in [2.24, 2.45) is 11.8 Å². The van der Waals surface area contributed by atoms with Gasteiger partial charge in [0.2, 0.25) is 13.7 Å². The number of carbonyl (C=O) groups excluding carboxylic acids is 2. The predicted octanol–water partition coefficient (Wildman–Crippen LogP) is 3.87. The second-order valence-electron chi connectivity index (χ2n) is 7.25. The van der Waals surface area contributed by atoms with E-state index in [9.17, 15) is 19.0 Å². The van der Waals surface area contributed by atoms with Crippen LogP contribution in [0.15, 0.2) is 11.6 Å². The monoisotopic (exact) mass is 374 g/mol. The second kappa shape index (κ2) is 10.1. The van der Waals surface area contributed by atoms with E-state index in [1.165, 1.54) is 20.3 Å². The Labute approximate surface area is 150 Å². The van der Waals surface area contributed by atoms with Crippen LogP contribution in [0.2, 0.25) is 0 Å². The molecule has 2 unspecified atom stereocenters. The Morgan fingerprint density at radius 1 is 1.16 bits per heavy atom. The van der Waals surface area contributed by atoms with Crippen molar-refractivity contribution in [3.8, 4) is 0 Å². The Hall–Kier alpha value is -1.13. The van der Waals surface area contributed by atoms with Gasteiger partial charge < -0.3 is 14.4 Å². The molecule has 2 atom stereocenters. The third kappa shape index (κ3) is 9.22. The van der Waals surface area contributed by atoms with E-state index in [0.29, 0.717) is 0 Å². The van der Waals surface area contributed by atoms with Crippen LogP contribution in [0.25, 0.3) is 0 Å². The molecule has 1 saturated carbocycles. The number of carbonyl (C=O) groups is 2. The minimum absolute atomic E-state index is 0.0581. The van der Waals surface area contributed by atoms with Crippen LogP contribution in [-0.2, 0) is 23.6 Å². The van der Waals surface area contributed by atoms with Crippen LogP contribution in [0.3, 0.4) is 0 Å². The summed E-state index contributed by atoms with van der Waals surface area (Å²) in [6, 6.07) is 0. The van der Waals surface area contributed by atoms with E-state index in [2.05, 4.69) is 0 Å². The lowest BCUT2D eigenvalue weighted by atomic mass is 9.88. The maximum absolute atomic E-state index is 12.5. The molecule has 0 radical (unpaired) electrons. The van der Waals surface area contributed by atoms with Crippen molar-refractivity contribution < 1.29 is 28.5 Å². The van der Waals surface area contributed by atoms with Gasteiger partial charge in [0.25, 0.3) is 0 Å². The van der Waals surface area contributed by atoms with E-state index in [4.69, 9.17) is 9.47 Å². The molecule has 7 heteroatoms. The first-order valence-corrected chi connectivity index (χ1v) is 11.0. The van der Waals surface area contributed by atoms with Gasteiger partial charge in [-0.05, 0) is 24.7 Å². The number of hydrogen-bond acceptors (Lipinski definition) is 5. The molecule has 6 nitrogen and oxygen atoms in total. The Kier molecular flexibility index (Phi) is 8.87. The van der Waals surface area contributed by atoms with E-state index in [1.807, 2.05) is 13.8 Å². The molecule has 1 N–H and O–H groups in total. The van der Waals surface area contributed by atoms with E-state index < -0.39 is 25.6 Å². The van der Waals surface area contributed by atoms with Crippen LogP contribution in [-0.4, -0.2) is 35.4 Å². The molecule has 144 valence electrons. The average Bonchev–Trinajstić information content (AvgIpc) is 2.44. The fraction of sp³-hybridized carbons (Fsp3) is 0.778. The van der Waals surface area contributed by atoms with Crippen molar-refractivity contribution in [3.63, 3.8) is 0 Å². The molecule has 0 saturated heterocycles. The minimum atomic E-state index is -3.47. The highest BCUT2D eigenvalue weighted by Crippen LogP contribution is 2.45. The number of ether oxygens (including phenoxy) is 2. The van der Waals surface area contributed by atoms with Gasteiger partial charge in [-0.3, -0.25) is 9.36 Å². The van der Waals surface area contributed by atoms with Crippen LogP contribution >= 0.6 is 7.37 Å². The third-order valence-electron chi connectivity index (χ3n) is 4.02. The second-order valence-corrected chi connectivity index (χ2v) is 9.63. The summed E-state index contributed by atoms with van der Waals surface area (Å²) in [7, 11) is -3.47. The first kappa shape index (κ1) is 21.9. The molecule has 0 aromatic carbocycles. The van der Waals surface area contributed by atoms with Gasteiger partial charge in [0.15, 0.2) is 0 Å². The Morgan fingerprint density at radius 3 is 2.28 bits per heavy atom. The van der Waals surface area contributed by atoms with Crippen molar-refractivity contribution in [1.29, 1.82) is 0 Å². The van der Waals surface area contributed by atoms with Gasteiger partial charge in [-0.15, -0.1) is 0 Å². The van der Waals surface area contributed by atoms with Gasteiger partial charge in [0, 0.05) is 25.6 Å². The molecule has 0 heterocycles. The van der Waals surface area contributed by atoms with Crippen molar-refractivity contribution >= 4 is 19.3 Å². The van der Waals surface area contributed by atoms with Gasteiger partial charge >= 0.3 is 11.9 Å². The summed E-state index contributed by atoms with van der Waals surface area (Å²) in [5.74, 6) is -0.953. The molecule has 1 rings (SSSR count). The van der Waals surface area contributed by atoms with Crippen LogP contribution in [0.5, 0.6) is 0 Å². The Bertz CT molecular complexity index is 534. The first-order valence-electron chi connectivity index (χ1n) is 8.99. The molecule has 0 amide bonds. The van der Waals surface area contributed by atoms with Crippen LogP contribution in [0.1, 0.15) is 59.8 Å². The van der Waals surface area contributed by atoms with E-state index in [1.54, 1.807) is 6.08 Å². The zero-order valence-electron chi connectivity index (χ0n) is 15.7. The molecular weight excluding hydrogens is 343 g/mol. The molecule has 1 fully saturated rings. The number of esters is 2. The van der Waals surface area contributed by atoms with Gasteiger partial charge in [-0.1, -0.05) is 39.2 Å². The largest absolute Gasteiger partial charge is 0.426 e. The van der Waals surface area contributed by atoms with Crippen molar-refractivity contribution in [2.45, 2.75) is 66.1 Å². The zero-order chi connectivity index (χ0) is 19.0. The quantitative estimate of drug-likeness (QED) is 0.300. The fourth-order valence-electron chi connectivity index (χ4n) is 3.16. The lowest BCUT2D eigenvalue weighted by Crippen LogP contribution is -2.23. The highest BCUT2D eigenvalue weighted by molar-refractivity contribution is 7.58. The molecular formula is C18H31O6P. The van der Waals surface area contributed by atoms with Gasteiger partial charge in [-0.2, -0.15) is 0 Å². The summed E-state index contributed by atoms with van der Waals surface area (Å²) < 4.78 is 22.4. The number of hydrogen-bond donors (Lipinski definition) is 1. The standard InChI is InChI=1S/C18H31O6P/c1-13(2)11-25(21,22)12-17(10-16-8-6-5-7-9-16)18(20)24-15(4)23-14(3)19/h10,13,15-16H,5-9,11-12H2,1-4H3,(H,21,22). The van der Waals surface area contributed by atoms with Gasteiger partial charge in [-0.25, -0.2) is 4.79 Å². The molecule has 0 aromatic rings. The highest BCUT2D eigenvalue weighted by Gasteiger charge is 2.28. The average molecular weight is 374 g/mol. The maximum atomic E-state index is 12.5. The van der Waals surface area contributed by atoms with Crippen LogP contribution < -0.4 is 0 Å². The SMILES string of the molecule is CC(=O)OC(C)OC(=O)C(=CC1CCCCC1)CP(=O)(O)CC(C)C. The van der Waals surface area contributed by atoms with Gasteiger partial charge in [0.1, 0.15) is 0 Å². The Morgan fingerprint density at radius 2 is 1.76 bits per heavy atom. The summed E-state index contributed by atoms with van der Waals surface area (Å²) in [4.78, 5) is 33.7. The van der Waals surface area contributed by atoms with E-state index >= 15 is 0 Å². The topological polar surface area (TPSA) is 89.9 Å². The highest BCUT2D eigenvalue weighted by atomic mass is 31.2. The fourth-order valence-corrected chi connectivity index (χ4v) is 5.19. The van der Waals surface area contributed by atoms with Crippen LogP contribution in [0, 0.1) is 11.8 Å². The van der Waals surface area contributed by atoms with Crippen molar-refractivity contribution in [1.82, 2.24) is 0 Å². The lowest BCUT2D eigenvalue weighted by molar-refractivity contribution is -0.180. The summed E-state index contributed by atoms with van der Waals surface area (Å²) >= 11 is 0.